The summed E-state index contributed by atoms with van der Waals surface area (Å²) in [6, 6.07) is 26.4. The summed E-state index contributed by atoms with van der Waals surface area (Å²) in [4.78, 5) is 4.75. The molecule has 9 heteroatoms. The Hall–Kier alpha value is -2.85. The van der Waals surface area contributed by atoms with Crippen molar-refractivity contribution >= 4 is 5.69 Å². The molecule has 0 saturated carbocycles. The first kappa shape index (κ1) is 43.2. The summed E-state index contributed by atoms with van der Waals surface area (Å²) in [5, 5.41) is 15.8. The second-order valence-electron chi connectivity index (χ2n) is 10.9. The van der Waals surface area contributed by atoms with E-state index in [2.05, 4.69) is 61.8 Å². The molecule has 4 rings (SSSR count). The molecule has 0 saturated heterocycles. The van der Waals surface area contributed by atoms with Gasteiger partial charge in [-0.25, -0.2) is 0 Å². The number of halogens is 3. The standard InChI is InChI=1S/C31H30F3N2.3C2H6N.Hf/c1-20(2)23-15-10-16-24(21(3)4)30(23)36-29(22-12-6-5-7-13-22)28-19-11-18-27(35-28)25-14-8-9-17-26(25)31(32,33)34;3*1-3-2;/h5-21,29H,1-4H3;3*1-2H3;/q4*-1;+4. The maximum Gasteiger partial charge on any atom is 4.00 e. The van der Waals surface area contributed by atoms with Gasteiger partial charge in [0.1, 0.15) is 0 Å². The molecule has 1 heterocycles. The number of benzene rings is 3. The van der Waals surface area contributed by atoms with Crippen molar-refractivity contribution in [3.63, 3.8) is 0 Å². The first-order valence-electron chi connectivity index (χ1n) is 14.9. The van der Waals surface area contributed by atoms with Crippen molar-refractivity contribution in [3.05, 3.63) is 140 Å². The number of alkyl halides is 3. The summed E-state index contributed by atoms with van der Waals surface area (Å²) in [5.74, 6) is 0.522. The second-order valence-corrected chi connectivity index (χ2v) is 10.9. The van der Waals surface area contributed by atoms with Gasteiger partial charge in [0.2, 0.25) is 0 Å². The zero-order valence-electron chi connectivity index (χ0n) is 28.8. The average molecular weight is 798 g/mol. The van der Waals surface area contributed by atoms with Gasteiger partial charge in [0.25, 0.3) is 0 Å². The number of rotatable bonds is 7. The molecule has 0 N–H and O–H groups in total. The molecule has 0 aliphatic carbocycles. The molecule has 0 spiro atoms. The van der Waals surface area contributed by atoms with E-state index in [0.717, 1.165) is 28.4 Å². The van der Waals surface area contributed by atoms with Crippen LogP contribution in [-0.2, 0) is 32.0 Å². The summed E-state index contributed by atoms with van der Waals surface area (Å²) in [6.45, 7) is 8.57. The van der Waals surface area contributed by atoms with Gasteiger partial charge in [-0.1, -0.05) is 117 Å². The van der Waals surface area contributed by atoms with Crippen LogP contribution < -0.4 is 0 Å². The van der Waals surface area contributed by atoms with Crippen LogP contribution in [0.25, 0.3) is 32.5 Å². The number of hydrogen-bond donors (Lipinski definition) is 0. The third-order valence-corrected chi connectivity index (χ3v) is 6.28. The smallest absolute Gasteiger partial charge is 0.673 e. The Morgan fingerprint density at radius 3 is 1.52 bits per heavy atom. The summed E-state index contributed by atoms with van der Waals surface area (Å²) in [7, 11) is 10.5. The first-order chi connectivity index (χ1) is 21.4. The number of nitrogens with zero attached hydrogens (tertiary/aromatic N) is 5. The molecule has 0 radical (unpaired) electrons. The fourth-order valence-corrected chi connectivity index (χ4v) is 4.44. The van der Waals surface area contributed by atoms with Crippen molar-refractivity contribution in [1.82, 2.24) is 4.98 Å². The largest absolute Gasteiger partial charge is 4.00 e. The Morgan fingerprint density at radius 1 is 0.587 bits per heavy atom. The monoisotopic (exact) mass is 799 g/mol. The molecule has 4 aromatic rings. The molecular formula is C37H48F3HfN5. The SMILES string of the molecule is CC(C)c1cccc(C(C)C)c1[N-]C(c1ccccc1)c1cccc(-c2ccccc2C(F)(F)F)n1.C[N-]C.C[N-]C.C[N-]C.[Hf+4]. The molecule has 1 atom stereocenters. The predicted octanol–water partition coefficient (Wildman–Crippen LogP) is 11.7. The van der Waals surface area contributed by atoms with E-state index in [0.29, 0.717) is 5.69 Å². The van der Waals surface area contributed by atoms with Gasteiger partial charge in [-0.05, 0) is 36.1 Å². The van der Waals surface area contributed by atoms with Crippen LogP contribution in [0.2, 0.25) is 0 Å². The van der Waals surface area contributed by atoms with Crippen molar-refractivity contribution in [1.29, 1.82) is 0 Å². The fourth-order valence-electron chi connectivity index (χ4n) is 4.44. The van der Waals surface area contributed by atoms with E-state index in [9.17, 15) is 13.2 Å². The van der Waals surface area contributed by atoms with Gasteiger partial charge in [0.05, 0.1) is 11.3 Å². The summed E-state index contributed by atoms with van der Waals surface area (Å²) < 4.78 is 41.2. The number of hydrogen-bond acceptors (Lipinski definition) is 1. The third-order valence-electron chi connectivity index (χ3n) is 6.28. The maximum absolute atomic E-state index is 13.7. The minimum atomic E-state index is -4.47. The fraction of sp³-hybridized carbons (Fsp3) is 0.378. The second kappa shape index (κ2) is 22.6. The van der Waals surface area contributed by atoms with E-state index >= 15 is 0 Å². The zero-order valence-corrected chi connectivity index (χ0v) is 32.4. The molecule has 3 aromatic carbocycles. The van der Waals surface area contributed by atoms with Crippen LogP contribution in [0, 0.1) is 0 Å². The normalized spacial score (nSPS) is 11.1. The summed E-state index contributed by atoms with van der Waals surface area (Å²) in [5.41, 5.74) is 4.38. The van der Waals surface area contributed by atoms with Crippen LogP contribution in [0.15, 0.2) is 91.0 Å². The minimum absolute atomic E-state index is 0. The average Bonchev–Trinajstić information content (AvgIpc) is 3.01. The van der Waals surface area contributed by atoms with Gasteiger partial charge >= 0.3 is 32.0 Å². The van der Waals surface area contributed by atoms with Gasteiger partial charge in [0, 0.05) is 11.3 Å². The Kier molecular flexibility index (Phi) is 21.2. The summed E-state index contributed by atoms with van der Waals surface area (Å²) >= 11 is 0. The van der Waals surface area contributed by atoms with E-state index < -0.39 is 17.8 Å². The van der Waals surface area contributed by atoms with E-state index in [1.54, 1.807) is 60.5 Å². The molecule has 1 aromatic heterocycles. The number of para-hydroxylation sites is 1. The zero-order chi connectivity index (χ0) is 34.0. The number of aromatic nitrogens is 1. The van der Waals surface area contributed by atoms with E-state index in [4.69, 9.17) is 10.3 Å². The van der Waals surface area contributed by atoms with Gasteiger partial charge in [-0.2, -0.15) is 55.5 Å². The Labute approximate surface area is 294 Å². The summed E-state index contributed by atoms with van der Waals surface area (Å²) in [6.07, 6.45) is -4.47. The van der Waals surface area contributed by atoms with Gasteiger partial charge in [-0.3, -0.25) is 4.98 Å². The van der Waals surface area contributed by atoms with Crippen molar-refractivity contribution in [3.8, 4) is 11.3 Å². The van der Waals surface area contributed by atoms with Crippen LogP contribution in [0.1, 0.15) is 73.5 Å². The molecule has 246 valence electrons. The Bertz CT molecular complexity index is 1350. The van der Waals surface area contributed by atoms with Crippen LogP contribution in [0.4, 0.5) is 18.9 Å². The molecule has 0 amide bonds. The molecule has 0 aliphatic heterocycles. The van der Waals surface area contributed by atoms with Crippen LogP contribution in [0.3, 0.4) is 0 Å². The molecule has 46 heavy (non-hydrogen) atoms. The Balaban J connectivity index is 0.00000182. The molecular weight excluding hydrogens is 750 g/mol. The molecule has 1 unspecified atom stereocenters. The van der Waals surface area contributed by atoms with Gasteiger partial charge in [-0.15, -0.1) is 5.69 Å². The van der Waals surface area contributed by atoms with E-state index in [1.807, 2.05) is 36.4 Å². The quantitative estimate of drug-likeness (QED) is 0.172. The minimum Gasteiger partial charge on any atom is -0.673 e. The first-order valence-corrected chi connectivity index (χ1v) is 14.9. The van der Waals surface area contributed by atoms with Crippen LogP contribution in [-0.4, -0.2) is 47.3 Å². The van der Waals surface area contributed by atoms with Crippen molar-refractivity contribution in [2.75, 3.05) is 42.3 Å². The van der Waals surface area contributed by atoms with E-state index in [-0.39, 0.29) is 48.9 Å². The van der Waals surface area contributed by atoms with E-state index in [1.165, 1.54) is 12.1 Å². The van der Waals surface area contributed by atoms with Crippen molar-refractivity contribution in [2.24, 2.45) is 0 Å². The molecule has 0 fully saturated rings. The molecule has 0 aliphatic rings. The predicted molar refractivity (Wildman–Crippen MR) is 186 cm³/mol. The third kappa shape index (κ3) is 13.5. The van der Waals surface area contributed by atoms with Gasteiger partial charge in [0.15, 0.2) is 0 Å². The van der Waals surface area contributed by atoms with Crippen molar-refractivity contribution in [2.45, 2.75) is 51.7 Å². The van der Waals surface area contributed by atoms with Gasteiger partial charge < -0.3 is 21.3 Å². The number of pyridine rings is 1. The van der Waals surface area contributed by atoms with Crippen LogP contribution >= 0.6 is 0 Å². The topological polar surface area (TPSA) is 69.3 Å². The van der Waals surface area contributed by atoms with Crippen LogP contribution in [0.5, 0.6) is 0 Å². The molecule has 5 nitrogen and oxygen atoms in total. The van der Waals surface area contributed by atoms with Crippen molar-refractivity contribution < 1.29 is 39.0 Å². The maximum atomic E-state index is 13.7. The Morgan fingerprint density at radius 2 is 1.04 bits per heavy atom. The molecule has 0 bridgehead atoms.